The lowest BCUT2D eigenvalue weighted by Crippen LogP contribution is -2.07. The average molecular weight is 438 g/mol. The lowest BCUT2D eigenvalue weighted by Gasteiger charge is -2.03. The first-order chi connectivity index (χ1) is 15.0. The maximum atomic E-state index is 12.2. The minimum Gasteiger partial charge on any atom is -0.462 e. The van der Waals surface area contributed by atoms with E-state index in [2.05, 4.69) is 27.1 Å². The molecule has 0 saturated heterocycles. The zero-order valence-corrected chi connectivity index (χ0v) is 18.4. The fourth-order valence-electron chi connectivity index (χ4n) is 3.33. The van der Waals surface area contributed by atoms with E-state index in [-0.39, 0.29) is 23.7 Å². The molecule has 8 nitrogen and oxygen atoms in total. The third kappa shape index (κ3) is 4.41. The van der Waals surface area contributed by atoms with E-state index in [1.165, 1.54) is 17.3 Å². The summed E-state index contributed by atoms with van der Waals surface area (Å²) in [5, 5.41) is 1.18. The first-order valence-electron chi connectivity index (χ1n) is 9.91. The molecule has 31 heavy (non-hydrogen) atoms. The van der Waals surface area contributed by atoms with E-state index in [4.69, 9.17) is 19.9 Å². The van der Waals surface area contributed by atoms with Gasteiger partial charge in [0.25, 0.3) is 0 Å². The minimum atomic E-state index is -0.492. The standard InChI is InChI=1S/C22H23N5O3S/c1-4-29-21(28)17-13(3)30-20-18(17)19(23)26-16(27-20)11-31-22-24-12(2)15(25-22)10-14-8-6-5-7-9-14/h5-9H,4,10-11H2,1-3H3,(H,24,25)(H2,23,26,27). The molecule has 3 N–H and O–H groups in total. The van der Waals surface area contributed by atoms with Gasteiger partial charge in [0.2, 0.25) is 5.71 Å². The predicted molar refractivity (Wildman–Crippen MR) is 119 cm³/mol. The van der Waals surface area contributed by atoms with Gasteiger partial charge in [-0.1, -0.05) is 42.1 Å². The molecule has 4 aromatic rings. The maximum Gasteiger partial charge on any atom is 0.342 e. The van der Waals surface area contributed by atoms with Crippen molar-refractivity contribution in [3.8, 4) is 0 Å². The number of anilines is 1. The molecule has 0 aliphatic heterocycles. The number of hydrogen-bond donors (Lipinski definition) is 2. The normalized spacial score (nSPS) is 11.2. The molecular weight excluding hydrogens is 414 g/mol. The van der Waals surface area contributed by atoms with Gasteiger partial charge >= 0.3 is 5.97 Å². The van der Waals surface area contributed by atoms with E-state index >= 15 is 0 Å². The highest BCUT2D eigenvalue weighted by atomic mass is 32.2. The van der Waals surface area contributed by atoms with Gasteiger partial charge < -0.3 is 19.9 Å². The largest absolute Gasteiger partial charge is 0.462 e. The molecule has 0 aliphatic rings. The molecule has 0 atom stereocenters. The Bertz CT molecular complexity index is 1230. The minimum absolute atomic E-state index is 0.195. The van der Waals surface area contributed by atoms with Crippen LogP contribution < -0.4 is 5.73 Å². The Kier molecular flexibility index (Phi) is 5.94. The molecule has 0 spiro atoms. The molecule has 0 radical (unpaired) electrons. The number of fused-ring (bicyclic) bond motifs is 1. The molecule has 0 unspecified atom stereocenters. The Morgan fingerprint density at radius 2 is 1.97 bits per heavy atom. The topological polar surface area (TPSA) is 120 Å². The van der Waals surface area contributed by atoms with Gasteiger partial charge in [0.1, 0.15) is 23.0 Å². The number of ether oxygens (including phenoxy) is 1. The number of nitrogens with one attached hydrogen (secondary N) is 1. The molecular formula is C22H23N5O3S. The highest BCUT2D eigenvalue weighted by Gasteiger charge is 2.24. The van der Waals surface area contributed by atoms with Crippen LogP contribution in [-0.2, 0) is 16.9 Å². The summed E-state index contributed by atoms with van der Waals surface area (Å²) in [6.45, 7) is 5.70. The zero-order valence-electron chi connectivity index (χ0n) is 17.6. The number of H-pyrrole nitrogens is 1. The van der Waals surface area contributed by atoms with Crippen LogP contribution in [0.25, 0.3) is 11.1 Å². The Hall–Kier alpha value is -3.33. The molecule has 0 fully saturated rings. The fourth-order valence-corrected chi connectivity index (χ4v) is 4.12. The number of aromatic nitrogens is 4. The smallest absolute Gasteiger partial charge is 0.342 e. The van der Waals surface area contributed by atoms with Crippen molar-refractivity contribution in [2.75, 3.05) is 12.3 Å². The van der Waals surface area contributed by atoms with Gasteiger partial charge in [-0.15, -0.1) is 0 Å². The van der Waals surface area contributed by atoms with Crippen molar-refractivity contribution >= 4 is 34.6 Å². The van der Waals surface area contributed by atoms with E-state index in [0.717, 1.165) is 23.0 Å². The lowest BCUT2D eigenvalue weighted by atomic mass is 10.1. The Morgan fingerprint density at radius 1 is 1.19 bits per heavy atom. The molecule has 3 heterocycles. The first kappa shape index (κ1) is 20.9. The number of nitrogen functional groups attached to an aromatic ring is 1. The molecule has 1 aromatic carbocycles. The van der Waals surface area contributed by atoms with E-state index in [1.54, 1.807) is 13.8 Å². The molecule has 0 aliphatic carbocycles. The quantitative estimate of drug-likeness (QED) is 0.326. The van der Waals surface area contributed by atoms with Gasteiger partial charge in [0.05, 0.1) is 23.4 Å². The summed E-state index contributed by atoms with van der Waals surface area (Å²) in [6, 6.07) is 10.2. The molecule has 160 valence electrons. The summed E-state index contributed by atoms with van der Waals surface area (Å²) >= 11 is 1.48. The summed E-state index contributed by atoms with van der Waals surface area (Å²) in [6.07, 6.45) is 0.765. The molecule has 0 bridgehead atoms. The van der Waals surface area contributed by atoms with Crippen molar-refractivity contribution in [2.24, 2.45) is 0 Å². The van der Waals surface area contributed by atoms with E-state index in [1.807, 2.05) is 25.1 Å². The number of carbonyl (C=O) groups excluding carboxylic acids is 1. The second-order valence-corrected chi connectivity index (χ2v) is 7.99. The molecule has 4 rings (SSSR count). The van der Waals surface area contributed by atoms with Gasteiger partial charge in [-0.05, 0) is 26.3 Å². The van der Waals surface area contributed by atoms with Crippen LogP contribution in [-0.4, -0.2) is 32.5 Å². The van der Waals surface area contributed by atoms with Gasteiger partial charge in [-0.2, -0.15) is 4.98 Å². The second kappa shape index (κ2) is 8.81. The van der Waals surface area contributed by atoms with E-state index in [9.17, 15) is 4.79 Å². The number of carbonyl (C=O) groups is 1. The number of esters is 1. The third-order valence-electron chi connectivity index (χ3n) is 4.80. The van der Waals surface area contributed by atoms with E-state index < -0.39 is 5.97 Å². The van der Waals surface area contributed by atoms with Gasteiger partial charge in [-0.3, -0.25) is 0 Å². The van der Waals surface area contributed by atoms with Crippen LogP contribution >= 0.6 is 11.8 Å². The van der Waals surface area contributed by atoms with Crippen LogP contribution in [0.1, 0.15) is 45.8 Å². The number of imidazole rings is 1. The number of aryl methyl sites for hydroxylation is 2. The van der Waals surface area contributed by atoms with Crippen LogP contribution in [0.15, 0.2) is 39.9 Å². The van der Waals surface area contributed by atoms with Crippen molar-refractivity contribution in [1.82, 2.24) is 19.9 Å². The number of aromatic amines is 1. The highest BCUT2D eigenvalue weighted by molar-refractivity contribution is 7.98. The molecule has 3 aromatic heterocycles. The van der Waals surface area contributed by atoms with Crippen molar-refractivity contribution in [3.05, 3.63) is 64.4 Å². The van der Waals surface area contributed by atoms with Crippen LogP contribution in [0.2, 0.25) is 0 Å². The first-order valence-corrected chi connectivity index (χ1v) is 10.9. The van der Waals surface area contributed by atoms with Crippen molar-refractivity contribution in [3.63, 3.8) is 0 Å². The summed E-state index contributed by atoms with van der Waals surface area (Å²) in [7, 11) is 0. The van der Waals surface area contributed by atoms with Crippen molar-refractivity contribution in [2.45, 2.75) is 38.1 Å². The van der Waals surface area contributed by atoms with Gasteiger partial charge in [0.15, 0.2) is 5.16 Å². The maximum absolute atomic E-state index is 12.2. The Labute approximate surface area is 183 Å². The number of thioether (sulfide) groups is 1. The number of hydrogen-bond acceptors (Lipinski definition) is 8. The third-order valence-corrected chi connectivity index (χ3v) is 5.67. The number of furan rings is 1. The number of benzene rings is 1. The van der Waals surface area contributed by atoms with Crippen LogP contribution in [0.4, 0.5) is 5.82 Å². The average Bonchev–Trinajstić information content (AvgIpc) is 3.26. The SMILES string of the molecule is CCOC(=O)c1c(C)oc2nc(CSc3nc(Cc4ccccc4)c(C)[nH]3)nc(N)c12. The van der Waals surface area contributed by atoms with Crippen molar-refractivity contribution < 1.29 is 13.9 Å². The van der Waals surface area contributed by atoms with Crippen LogP contribution in [0.5, 0.6) is 0 Å². The summed E-state index contributed by atoms with van der Waals surface area (Å²) in [4.78, 5) is 29.1. The summed E-state index contributed by atoms with van der Waals surface area (Å²) in [5.41, 5.74) is 9.94. The predicted octanol–water partition coefficient (Wildman–Crippen LogP) is 4.20. The number of nitrogens with two attached hydrogens (primary N) is 1. The Morgan fingerprint density at radius 3 is 2.71 bits per heavy atom. The second-order valence-electron chi connectivity index (χ2n) is 7.02. The molecule has 0 amide bonds. The lowest BCUT2D eigenvalue weighted by molar-refractivity contribution is 0.0526. The van der Waals surface area contributed by atoms with Crippen LogP contribution in [0.3, 0.4) is 0 Å². The van der Waals surface area contributed by atoms with Gasteiger partial charge in [0, 0.05) is 12.1 Å². The zero-order chi connectivity index (χ0) is 22.0. The number of rotatable bonds is 7. The number of nitrogens with zero attached hydrogens (tertiary/aromatic N) is 3. The monoisotopic (exact) mass is 437 g/mol. The fraction of sp³-hybridized carbons (Fsp3) is 0.273. The summed E-state index contributed by atoms with van der Waals surface area (Å²) < 4.78 is 10.8. The van der Waals surface area contributed by atoms with Crippen LogP contribution in [0, 0.1) is 13.8 Å². The Balaban J connectivity index is 1.52. The van der Waals surface area contributed by atoms with Gasteiger partial charge in [-0.25, -0.2) is 14.8 Å². The molecule has 0 saturated carbocycles. The van der Waals surface area contributed by atoms with Crippen molar-refractivity contribution in [1.29, 1.82) is 0 Å². The molecule has 9 heteroatoms. The summed E-state index contributed by atoms with van der Waals surface area (Å²) in [5.74, 6) is 1.06. The highest BCUT2D eigenvalue weighted by Crippen LogP contribution is 2.30. The van der Waals surface area contributed by atoms with E-state index in [0.29, 0.717) is 22.7 Å².